The van der Waals surface area contributed by atoms with Gasteiger partial charge in [-0.1, -0.05) is 36.2 Å². The Kier molecular flexibility index (Phi) is 6.14. The molecular formula is C15H17NO6S2. The molecule has 0 bridgehead atoms. The van der Waals surface area contributed by atoms with Gasteiger partial charge in [0, 0.05) is 6.08 Å². The number of aliphatic hydroxyl groups excluding tert-OH is 1. The molecule has 1 N–H and O–H groups in total. The molecule has 3 atom stereocenters. The van der Waals surface area contributed by atoms with Crippen LogP contribution in [0.25, 0.3) is 0 Å². The van der Waals surface area contributed by atoms with E-state index >= 15 is 0 Å². The second-order valence-corrected chi connectivity index (χ2v) is 7.25. The van der Waals surface area contributed by atoms with Gasteiger partial charge in [-0.3, -0.25) is 9.69 Å². The number of hydrogen-bond donors (Lipinski definition) is 1. The lowest BCUT2D eigenvalue weighted by Gasteiger charge is -2.43. The van der Waals surface area contributed by atoms with Crippen molar-refractivity contribution in [2.24, 2.45) is 5.92 Å². The van der Waals surface area contributed by atoms with Crippen LogP contribution in [-0.2, 0) is 23.9 Å². The number of aliphatic hydroxyl groups is 1. The number of carbonyl (C=O) groups excluding carboxylic acids is 3. The Labute approximate surface area is 147 Å². The maximum Gasteiger partial charge on any atom is 0.357 e. The minimum absolute atomic E-state index is 0.0233. The van der Waals surface area contributed by atoms with Gasteiger partial charge in [0.2, 0.25) is 5.91 Å². The number of thioether (sulfide) groups is 2. The molecule has 2 heterocycles. The van der Waals surface area contributed by atoms with E-state index in [0.717, 1.165) is 11.8 Å². The summed E-state index contributed by atoms with van der Waals surface area (Å²) < 4.78 is 10.1. The van der Waals surface area contributed by atoms with E-state index in [1.807, 2.05) is 0 Å². The van der Waals surface area contributed by atoms with Gasteiger partial charge < -0.3 is 14.6 Å². The highest BCUT2D eigenvalue weighted by molar-refractivity contribution is 8.24. The zero-order valence-corrected chi connectivity index (χ0v) is 14.8. The molecule has 0 aromatic heterocycles. The van der Waals surface area contributed by atoms with Gasteiger partial charge in [-0.15, -0.1) is 0 Å². The molecule has 24 heavy (non-hydrogen) atoms. The molecule has 0 spiro atoms. The smallest absolute Gasteiger partial charge is 0.357 e. The average Bonchev–Trinajstić information content (AvgIpc) is 2.86. The van der Waals surface area contributed by atoms with Crippen LogP contribution in [0.3, 0.4) is 0 Å². The van der Waals surface area contributed by atoms with Crippen molar-refractivity contribution in [2.45, 2.75) is 18.4 Å². The molecule has 0 aromatic rings. The first kappa shape index (κ1) is 18.6. The molecular weight excluding hydrogens is 354 g/mol. The van der Waals surface area contributed by atoms with E-state index in [4.69, 9.17) is 4.74 Å². The predicted octanol–water partition coefficient (Wildman–Crippen LogP) is 1.22. The van der Waals surface area contributed by atoms with Crippen LogP contribution in [0.2, 0.25) is 0 Å². The van der Waals surface area contributed by atoms with E-state index in [1.165, 1.54) is 41.3 Å². The van der Waals surface area contributed by atoms with Crippen molar-refractivity contribution in [1.82, 2.24) is 4.90 Å². The van der Waals surface area contributed by atoms with Crippen LogP contribution in [0.4, 0.5) is 0 Å². The highest BCUT2D eigenvalue weighted by Crippen LogP contribution is 2.54. The summed E-state index contributed by atoms with van der Waals surface area (Å²) in [6.07, 6.45) is 1.83. The number of β-lactam (4-membered cyclic amide) rings is 1. The second kappa shape index (κ2) is 7.91. The number of esters is 2. The van der Waals surface area contributed by atoms with E-state index in [0.29, 0.717) is 4.24 Å². The fourth-order valence-electron chi connectivity index (χ4n) is 2.25. The Hall–Kier alpha value is -1.71. The maximum atomic E-state index is 12.3. The summed E-state index contributed by atoms with van der Waals surface area (Å²) in [5.41, 5.74) is 0.133. The van der Waals surface area contributed by atoms with Gasteiger partial charge in [0.05, 0.1) is 23.4 Å². The van der Waals surface area contributed by atoms with Crippen LogP contribution in [0.15, 0.2) is 34.1 Å². The summed E-state index contributed by atoms with van der Waals surface area (Å²) in [5.74, 6) is -2.06. The van der Waals surface area contributed by atoms with E-state index in [2.05, 4.69) is 11.3 Å². The fraction of sp³-hybridized carbons (Fsp3) is 0.400. The van der Waals surface area contributed by atoms with Crippen molar-refractivity contribution in [2.75, 3.05) is 13.7 Å². The van der Waals surface area contributed by atoms with Gasteiger partial charge in [0.1, 0.15) is 12.0 Å². The van der Waals surface area contributed by atoms with Gasteiger partial charge in [0.15, 0.2) is 5.70 Å². The molecule has 0 unspecified atom stereocenters. The molecule has 0 saturated carbocycles. The fourth-order valence-corrected chi connectivity index (χ4v) is 4.84. The van der Waals surface area contributed by atoms with Crippen molar-refractivity contribution in [1.29, 1.82) is 0 Å². The second-order valence-electron chi connectivity index (χ2n) is 4.95. The molecule has 0 aromatic carbocycles. The third-order valence-corrected chi connectivity index (χ3v) is 5.78. The van der Waals surface area contributed by atoms with E-state index in [9.17, 15) is 19.5 Å². The first-order valence-electron chi connectivity index (χ1n) is 7.03. The van der Waals surface area contributed by atoms with Crippen molar-refractivity contribution in [3.05, 3.63) is 34.1 Å². The number of ether oxygens (including phenoxy) is 2. The lowest BCUT2D eigenvalue weighted by Crippen LogP contribution is -2.60. The number of fused-ring (bicyclic) bond motifs is 1. The van der Waals surface area contributed by atoms with E-state index in [-0.39, 0.29) is 23.6 Å². The number of nitrogens with zero attached hydrogens (tertiary/aromatic N) is 1. The third-order valence-electron chi connectivity index (χ3n) is 3.37. The Balaban J connectivity index is 2.21. The number of rotatable bonds is 7. The summed E-state index contributed by atoms with van der Waals surface area (Å²) in [7, 11) is 1.26. The molecule has 2 aliphatic heterocycles. The summed E-state index contributed by atoms with van der Waals surface area (Å²) >= 11 is 2.41. The van der Waals surface area contributed by atoms with Crippen LogP contribution in [0, 0.1) is 5.92 Å². The first-order valence-corrected chi connectivity index (χ1v) is 8.79. The quantitative estimate of drug-likeness (QED) is 0.309. The van der Waals surface area contributed by atoms with Crippen LogP contribution >= 0.6 is 23.5 Å². The molecule has 130 valence electrons. The molecule has 9 heteroatoms. The summed E-state index contributed by atoms with van der Waals surface area (Å²) in [4.78, 5) is 37.0. The molecule has 0 aliphatic carbocycles. The maximum absolute atomic E-state index is 12.3. The van der Waals surface area contributed by atoms with Gasteiger partial charge in [0.25, 0.3) is 0 Å². The average molecular weight is 371 g/mol. The van der Waals surface area contributed by atoms with Crippen LogP contribution in [0.1, 0.15) is 6.92 Å². The lowest BCUT2D eigenvalue weighted by atomic mass is 9.92. The van der Waals surface area contributed by atoms with E-state index in [1.54, 1.807) is 6.92 Å². The molecule has 2 aliphatic rings. The Morgan fingerprint density at radius 3 is 2.83 bits per heavy atom. The summed E-state index contributed by atoms with van der Waals surface area (Å²) in [6, 6.07) is 0. The third kappa shape index (κ3) is 3.52. The highest BCUT2D eigenvalue weighted by atomic mass is 32.2. The molecule has 1 amide bonds. The van der Waals surface area contributed by atoms with Gasteiger partial charge in [-0.2, -0.15) is 0 Å². The van der Waals surface area contributed by atoms with Gasteiger partial charge in [-0.25, -0.2) is 9.59 Å². The summed E-state index contributed by atoms with van der Waals surface area (Å²) in [6.45, 7) is 5.04. The van der Waals surface area contributed by atoms with Crippen molar-refractivity contribution >= 4 is 41.4 Å². The number of hydrogen-bond acceptors (Lipinski definition) is 8. The largest absolute Gasteiger partial charge is 0.466 e. The zero-order valence-electron chi connectivity index (χ0n) is 13.1. The standard InChI is InChI=1S/C15H17NO6S2/c1-4-6-22-14(20)11-15(23-7-5-9(18)21-3)24-13-10(8(2)17)12(19)16(11)13/h4-5,7-8,10,13,17H,1,6H2,2-3H3/b7-5-/t8-,10+,13-/m1/s1. The minimum atomic E-state index is -0.813. The van der Waals surface area contributed by atoms with Crippen LogP contribution in [-0.4, -0.2) is 53.0 Å². The molecule has 1 saturated heterocycles. The minimum Gasteiger partial charge on any atom is -0.466 e. The molecule has 0 radical (unpaired) electrons. The van der Waals surface area contributed by atoms with Crippen LogP contribution < -0.4 is 0 Å². The monoisotopic (exact) mass is 371 g/mol. The SMILES string of the molecule is C=CCOC(=O)C1=C(S/C=C\C(=O)OC)S[C@@H]2[C@@H]([C@@H](C)O)C(=O)N12. The molecule has 7 nitrogen and oxygen atoms in total. The van der Waals surface area contributed by atoms with Crippen molar-refractivity contribution < 1.29 is 29.0 Å². The van der Waals surface area contributed by atoms with Crippen LogP contribution in [0.5, 0.6) is 0 Å². The number of methoxy groups -OCH3 is 1. The topological polar surface area (TPSA) is 93.1 Å². The van der Waals surface area contributed by atoms with Gasteiger partial charge >= 0.3 is 11.9 Å². The Morgan fingerprint density at radius 2 is 2.25 bits per heavy atom. The first-order chi connectivity index (χ1) is 11.4. The predicted molar refractivity (Wildman–Crippen MR) is 90.3 cm³/mol. The highest BCUT2D eigenvalue weighted by Gasteiger charge is 2.57. The Morgan fingerprint density at radius 1 is 1.54 bits per heavy atom. The lowest BCUT2D eigenvalue weighted by molar-refractivity contribution is -0.157. The normalized spacial score (nSPS) is 23.8. The van der Waals surface area contributed by atoms with Crippen molar-refractivity contribution in [3.8, 4) is 0 Å². The van der Waals surface area contributed by atoms with Gasteiger partial charge in [-0.05, 0) is 12.3 Å². The molecule has 2 rings (SSSR count). The zero-order chi connectivity index (χ0) is 17.9. The molecule has 1 fully saturated rings. The summed E-state index contributed by atoms with van der Waals surface area (Å²) in [5, 5.41) is 10.9. The van der Waals surface area contributed by atoms with Crippen molar-refractivity contribution in [3.63, 3.8) is 0 Å². The number of carbonyl (C=O) groups is 3. The Bertz CT molecular complexity index is 627. The van der Waals surface area contributed by atoms with E-state index < -0.39 is 24.0 Å². The number of amides is 1.